The van der Waals surface area contributed by atoms with Gasteiger partial charge in [0.2, 0.25) is 0 Å². The highest BCUT2D eigenvalue weighted by molar-refractivity contribution is 6.46. The topological polar surface area (TPSA) is 82.5 Å². The molecule has 0 saturated carbocycles. The van der Waals surface area contributed by atoms with Crippen LogP contribution in [0, 0.1) is 0 Å². The Balaban J connectivity index is 1.67. The van der Waals surface area contributed by atoms with E-state index in [2.05, 4.69) is 4.90 Å². The molecule has 0 spiro atoms. The number of rotatable bonds is 8. The van der Waals surface area contributed by atoms with Crippen LogP contribution in [0.5, 0.6) is 5.75 Å². The van der Waals surface area contributed by atoms with Crippen molar-refractivity contribution < 1.29 is 24.2 Å². The zero-order chi connectivity index (χ0) is 24.9. The van der Waals surface area contributed by atoms with Crippen LogP contribution in [0.1, 0.15) is 23.6 Å². The van der Waals surface area contributed by atoms with E-state index in [1.165, 1.54) is 0 Å². The Kier molecular flexibility index (Phi) is 7.73. The smallest absolute Gasteiger partial charge is 0.295 e. The van der Waals surface area contributed by atoms with Crippen molar-refractivity contribution >= 4 is 23.1 Å². The lowest BCUT2D eigenvalue weighted by Gasteiger charge is -2.29. The van der Waals surface area contributed by atoms with Gasteiger partial charge >= 0.3 is 0 Å². The predicted octanol–water partition coefficient (Wildman–Crippen LogP) is 2.91. The number of amides is 1. The summed E-state index contributed by atoms with van der Waals surface area (Å²) in [5.41, 5.74) is 2.38. The van der Waals surface area contributed by atoms with Gasteiger partial charge in [-0.1, -0.05) is 12.1 Å². The first-order valence-corrected chi connectivity index (χ1v) is 11.9. The van der Waals surface area contributed by atoms with E-state index >= 15 is 0 Å². The summed E-state index contributed by atoms with van der Waals surface area (Å²) in [6.45, 7) is 4.39. The third-order valence-corrected chi connectivity index (χ3v) is 6.61. The summed E-state index contributed by atoms with van der Waals surface area (Å²) in [4.78, 5) is 32.3. The number of hydrogen-bond donors (Lipinski definition) is 1. The van der Waals surface area contributed by atoms with E-state index in [-0.39, 0.29) is 11.3 Å². The molecule has 0 radical (unpaired) electrons. The lowest BCUT2D eigenvalue weighted by Crippen LogP contribution is -2.38. The van der Waals surface area contributed by atoms with Gasteiger partial charge < -0.3 is 24.4 Å². The second-order valence-electron chi connectivity index (χ2n) is 9.01. The monoisotopic (exact) mass is 479 g/mol. The highest BCUT2D eigenvalue weighted by atomic mass is 16.5. The van der Waals surface area contributed by atoms with Gasteiger partial charge in [0, 0.05) is 51.5 Å². The molecule has 8 nitrogen and oxygen atoms in total. The van der Waals surface area contributed by atoms with Crippen LogP contribution in [-0.2, 0) is 14.3 Å². The van der Waals surface area contributed by atoms with Gasteiger partial charge in [-0.05, 0) is 48.4 Å². The van der Waals surface area contributed by atoms with Gasteiger partial charge in [-0.3, -0.25) is 14.5 Å². The van der Waals surface area contributed by atoms with Crippen molar-refractivity contribution in [2.45, 2.75) is 12.5 Å². The highest BCUT2D eigenvalue weighted by Crippen LogP contribution is 2.40. The number of Topliss-reactive ketones (excluding diaryl/α,β-unsaturated/α-hetero) is 1. The number of aliphatic hydroxyl groups excluding tert-OH is 1. The molecule has 0 bridgehead atoms. The molecule has 2 aliphatic heterocycles. The van der Waals surface area contributed by atoms with Gasteiger partial charge in [0.05, 0.1) is 31.9 Å². The van der Waals surface area contributed by atoms with Crippen LogP contribution in [-0.4, -0.2) is 87.2 Å². The number of carbonyl (C=O) groups excluding carboxylic acids is 2. The molecule has 0 unspecified atom stereocenters. The minimum atomic E-state index is -0.661. The number of ether oxygens (including phenoxy) is 2. The predicted molar refractivity (Wildman–Crippen MR) is 135 cm³/mol. The summed E-state index contributed by atoms with van der Waals surface area (Å²) in [5, 5.41) is 11.2. The Hall–Kier alpha value is -3.36. The molecular weight excluding hydrogens is 446 g/mol. The van der Waals surface area contributed by atoms with E-state index in [1.54, 1.807) is 36.3 Å². The first kappa shape index (κ1) is 24.8. The molecule has 186 valence electrons. The fourth-order valence-corrected chi connectivity index (χ4v) is 4.61. The Morgan fingerprint density at radius 3 is 2.29 bits per heavy atom. The van der Waals surface area contributed by atoms with Gasteiger partial charge in [0.15, 0.2) is 0 Å². The molecule has 1 N–H and O–H groups in total. The Morgan fingerprint density at radius 1 is 1.03 bits per heavy atom. The minimum absolute atomic E-state index is 0.115. The largest absolute Gasteiger partial charge is 0.507 e. The van der Waals surface area contributed by atoms with Gasteiger partial charge in [0.1, 0.15) is 11.5 Å². The van der Waals surface area contributed by atoms with E-state index < -0.39 is 17.7 Å². The van der Waals surface area contributed by atoms with Gasteiger partial charge in [-0.2, -0.15) is 0 Å². The summed E-state index contributed by atoms with van der Waals surface area (Å²) in [6, 6.07) is 13.9. The van der Waals surface area contributed by atoms with Crippen LogP contribution >= 0.6 is 0 Å². The number of likely N-dealkylation sites (tertiary alicyclic amines) is 1. The van der Waals surface area contributed by atoms with Crippen LogP contribution in [0.25, 0.3) is 5.76 Å². The van der Waals surface area contributed by atoms with Crippen molar-refractivity contribution in [1.29, 1.82) is 0 Å². The Morgan fingerprint density at radius 2 is 1.69 bits per heavy atom. The number of morpholine rings is 1. The second kappa shape index (κ2) is 10.9. The zero-order valence-electron chi connectivity index (χ0n) is 20.6. The lowest BCUT2D eigenvalue weighted by atomic mass is 9.95. The highest BCUT2D eigenvalue weighted by Gasteiger charge is 2.45. The van der Waals surface area contributed by atoms with Crippen molar-refractivity contribution in [3.63, 3.8) is 0 Å². The first-order chi connectivity index (χ1) is 16.9. The molecule has 2 aromatic rings. The molecule has 1 atom stereocenters. The van der Waals surface area contributed by atoms with E-state index in [4.69, 9.17) is 9.47 Å². The lowest BCUT2D eigenvalue weighted by molar-refractivity contribution is -0.140. The second-order valence-corrected chi connectivity index (χ2v) is 9.01. The number of methoxy groups -OCH3 is 1. The summed E-state index contributed by atoms with van der Waals surface area (Å²) >= 11 is 0. The molecule has 35 heavy (non-hydrogen) atoms. The molecule has 4 rings (SSSR count). The maximum Gasteiger partial charge on any atom is 0.295 e. The molecule has 2 fully saturated rings. The molecule has 0 aliphatic carbocycles. The number of benzene rings is 2. The number of aliphatic hydroxyl groups is 1. The van der Waals surface area contributed by atoms with E-state index in [0.717, 1.165) is 37.3 Å². The third-order valence-electron chi connectivity index (χ3n) is 6.61. The molecule has 1 amide bonds. The standard InChI is InChI=1S/C27H33N3O5/c1-28(2)21-9-5-19(6-10-21)24-23(25(31)20-7-11-22(34-3)12-8-20)26(32)27(33)30(24)14-4-13-29-15-17-35-18-16-29/h5-12,24,31H,4,13-18H2,1-3H3/t24-/m1/s1. The summed E-state index contributed by atoms with van der Waals surface area (Å²) < 4.78 is 10.6. The van der Waals surface area contributed by atoms with Crippen molar-refractivity contribution in [3.8, 4) is 5.75 Å². The Bertz CT molecular complexity index is 1070. The quantitative estimate of drug-likeness (QED) is 0.354. The number of ketones is 1. The fraction of sp³-hybridized carbons (Fsp3) is 0.407. The average Bonchev–Trinajstić information content (AvgIpc) is 3.14. The third kappa shape index (κ3) is 5.33. The van der Waals surface area contributed by atoms with Gasteiger partial charge in [-0.15, -0.1) is 0 Å². The fourth-order valence-electron chi connectivity index (χ4n) is 4.61. The number of hydrogen-bond acceptors (Lipinski definition) is 7. The normalized spacial score (nSPS) is 20.3. The van der Waals surface area contributed by atoms with Gasteiger partial charge in [-0.25, -0.2) is 0 Å². The van der Waals surface area contributed by atoms with E-state index in [1.807, 2.05) is 43.3 Å². The van der Waals surface area contributed by atoms with Crippen molar-refractivity contribution in [2.75, 3.05) is 65.5 Å². The molecular formula is C27H33N3O5. The molecule has 2 aliphatic rings. The Labute approximate surface area is 206 Å². The molecule has 8 heteroatoms. The SMILES string of the molecule is COc1ccc(C(O)=C2C(=O)C(=O)N(CCCN3CCOCC3)[C@@H]2c2ccc(N(C)C)cc2)cc1. The molecule has 2 heterocycles. The van der Waals surface area contributed by atoms with Crippen LogP contribution in [0.3, 0.4) is 0 Å². The number of carbonyl (C=O) groups is 2. The first-order valence-electron chi connectivity index (χ1n) is 11.9. The van der Waals surface area contributed by atoms with Crippen LogP contribution in [0.4, 0.5) is 5.69 Å². The van der Waals surface area contributed by atoms with Crippen LogP contribution in [0.15, 0.2) is 54.1 Å². The van der Waals surface area contributed by atoms with Crippen molar-refractivity contribution in [1.82, 2.24) is 9.80 Å². The minimum Gasteiger partial charge on any atom is -0.507 e. The van der Waals surface area contributed by atoms with Crippen molar-refractivity contribution in [2.24, 2.45) is 0 Å². The van der Waals surface area contributed by atoms with Gasteiger partial charge in [0.25, 0.3) is 11.7 Å². The number of anilines is 1. The summed E-state index contributed by atoms with van der Waals surface area (Å²) in [7, 11) is 5.47. The van der Waals surface area contributed by atoms with Crippen LogP contribution < -0.4 is 9.64 Å². The summed E-state index contributed by atoms with van der Waals surface area (Å²) in [6.07, 6.45) is 0.724. The number of nitrogens with zero attached hydrogens (tertiary/aromatic N) is 3. The molecule has 2 aromatic carbocycles. The maximum atomic E-state index is 13.2. The average molecular weight is 480 g/mol. The van der Waals surface area contributed by atoms with Crippen molar-refractivity contribution in [3.05, 3.63) is 65.2 Å². The molecule has 0 aromatic heterocycles. The molecule has 2 saturated heterocycles. The summed E-state index contributed by atoms with van der Waals surface area (Å²) in [5.74, 6) is -0.778. The van der Waals surface area contributed by atoms with E-state index in [0.29, 0.717) is 31.1 Å². The maximum absolute atomic E-state index is 13.2. The van der Waals surface area contributed by atoms with E-state index in [9.17, 15) is 14.7 Å². The zero-order valence-corrected chi connectivity index (χ0v) is 20.6. The van der Waals surface area contributed by atoms with Crippen LogP contribution in [0.2, 0.25) is 0 Å².